The highest BCUT2D eigenvalue weighted by molar-refractivity contribution is 7.99. The van der Waals surface area contributed by atoms with Gasteiger partial charge < -0.3 is 15.4 Å². The van der Waals surface area contributed by atoms with Crippen LogP contribution in [-0.2, 0) is 9.53 Å². The molecule has 1 saturated heterocycles. The first-order chi connectivity index (χ1) is 9.34. The van der Waals surface area contributed by atoms with Crippen molar-refractivity contribution in [3.05, 3.63) is 30.3 Å². The molecule has 2 rings (SSSR count). The number of benzene rings is 1. The SMILES string of the molecule is Cl.O=C(CC1COCCN1)NCCSc1ccccc1. The Morgan fingerprint density at radius 3 is 2.90 bits per heavy atom. The fourth-order valence-electron chi connectivity index (χ4n) is 1.92. The second-order valence-corrected chi connectivity index (χ2v) is 5.61. The van der Waals surface area contributed by atoms with E-state index in [1.54, 1.807) is 11.8 Å². The number of morpholine rings is 1. The topological polar surface area (TPSA) is 50.4 Å². The normalized spacial score (nSPS) is 18.1. The first kappa shape index (κ1) is 17.3. The van der Waals surface area contributed by atoms with Crippen LogP contribution in [0.1, 0.15) is 6.42 Å². The Labute approximate surface area is 130 Å². The van der Waals surface area contributed by atoms with Gasteiger partial charge in [-0.2, -0.15) is 0 Å². The van der Waals surface area contributed by atoms with E-state index in [1.165, 1.54) is 4.90 Å². The van der Waals surface area contributed by atoms with Crippen LogP contribution in [0, 0.1) is 0 Å². The molecule has 0 aliphatic carbocycles. The summed E-state index contributed by atoms with van der Waals surface area (Å²) in [6.45, 7) is 2.91. The number of thioether (sulfide) groups is 1. The zero-order valence-corrected chi connectivity index (χ0v) is 13.0. The van der Waals surface area contributed by atoms with Crippen molar-refractivity contribution in [3.63, 3.8) is 0 Å². The summed E-state index contributed by atoms with van der Waals surface area (Å²) in [5.41, 5.74) is 0. The van der Waals surface area contributed by atoms with E-state index in [0.29, 0.717) is 19.6 Å². The molecule has 2 N–H and O–H groups in total. The molecule has 0 spiro atoms. The van der Waals surface area contributed by atoms with Crippen LogP contribution in [0.4, 0.5) is 0 Å². The van der Waals surface area contributed by atoms with Crippen molar-refractivity contribution in [1.82, 2.24) is 10.6 Å². The lowest BCUT2D eigenvalue weighted by molar-refractivity contribution is -0.122. The first-order valence-electron chi connectivity index (χ1n) is 6.60. The monoisotopic (exact) mass is 316 g/mol. The fourth-order valence-corrected chi connectivity index (χ4v) is 2.71. The Hall–Kier alpha value is -0.750. The molecule has 1 aromatic carbocycles. The highest BCUT2D eigenvalue weighted by atomic mass is 35.5. The third-order valence-electron chi connectivity index (χ3n) is 2.87. The van der Waals surface area contributed by atoms with Gasteiger partial charge in [0.25, 0.3) is 0 Å². The highest BCUT2D eigenvalue weighted by Crippen LogP contribution is 2.15. The molecule has 6 heteroatoms. The maximum Gasteiger partial charge on any atom is 0.221 e. The molecule has 1 atom stereocenters. The third-order valence-corrected chi connectivity index (χ3v) is 3.88. The molecular formula is C14H21ClN2O2S. The first-order valence-corrected chi connectivity index (χ1v) is 7.59. The largest absolute Gasteiger partial charge is 0.378 e. The lowest BCUT2D eigenvalue weighted by atomic mass is 10.2. The number of hydrogen-bond donors (Lipinski definition) is 2. The van der Waals surface area contributed by atoms with E-state index < -0.39 is 0 Å². The Balaban J connectivity index is 0.00000200. The molecule has 0 bridgehead atoms. The molecular weight excluding hydrogens is 296 g/mol. The third kappa shape index (κ3) is 6.61. The summed E-state index contributed by atoms with van der Waals surface area (Å²) < 4.78 is 5.32. The minimum Gasteiger partial charge on any atom is -0.378 e. The van der Waals surface area contributed by atoms with E-state index >= 15 is 0 Å². The summed E-state index contributed by atoms with van der Waals surface area (Å²) in [7, 11) is 0. The van der Waals surface area contributed by atoms with Crippen molar-refractivity contribution in [1.29, 1.82) is 0 Å². The van der Waals surface area contributed by atoms with Crippen LogP contribution in [0.25, 0.3) is 0 Å². The number of rotatable bonds is 6. The van der Waals surface area contributed by atoms with Gasteiger partial charge in [-0.3, -0.25) is 4.79 Å². The van der Waals surface area contributed by atoms with E-state index in [2.05, 4.69) is 22.8 Å². The maximum atomic E-state index is 11.7. The standard InChI is InChI=1S/C14H20N2O2S.ClH/c17-14(10-12-11-18-8-6-15-12)16-7-9-19-13-4-2-1-3-5-13;/h1-5,12,15H,6-11H2,(H,16,17);1H. The fraction of sp³-hybridized carbons (Fsp3) is 0.500. The van der Waals surface area contributed by atoms with Gasteiger partial charge in [-0.25, -0.2) is 0 Å². The molecule has 0 aromatic heterocycles. The minimum atomic E-state index is 0. The smallest absolute Gasteiger partial charge is 0.221 e. The van der Waals surface area contributed by atoms with Crippen LogP contribution >= 0.6 is 24.2 Å². The number of amides is 1. The average Bonchev–Trinajstić information content (AvgIpc) is 2.46. The molecule has 1 aliphatic heterocycles. The van der Waals surface area contributed by atoms with Gasteiger partial charge in [-0.1, -0.05) is 18.2 Å². The molecule has 1 heterocycles. The van der Waals surface area contributed by atoms with Gasteiger partial charge >= 0.3 is 0 Å². The van der Waals surface area contributed by atoms with Crippen LogP contribution in [-0.4, -0.2) is 44.0 Å². The lowest BCUT2D eigenvalue weighted by Gasteiger charge is -2.23. The summed E-state index contributed by atoms with van der Waals surface area (Å²) in [6, 6.07) is 10.4. The number of carbonyl (C=O) groups excluding carboxylic acids is 1. The highest BCUT2D eigenvalue weighted by Gasteiger charge is 2.16. The molecule has 4 nitrogen and oxygen atoms in total. The van der Waals surface area contributed by atoms with E-state index in [9.17, 15) is 4.79 Å². The van der Waals surface area contributed by atoms with Crippen LogP contribution in [0.5, 0.6) is 0 Å². The molecule has 1 unspecified atom stereocenters. The molecule has 0 saturated carbocycles. The minimum absolute atomic E-state index is 0. The van der Waals surface area contributed by atoms with Crippen molar-refractivity contribution in [2.75, 3.05) is 32.1 Å². The summed E-state index contributed by atoms with van der Waals surface area (Å²) in [4.78, 5) is 12.9. The summed E-state index contributed by atoms with van der Waals surface area (Å²) >= 11 is 1.75. The van der Waals surface area contributed by atoms with Crippen molar-refractivity contribution in [3.8, 4) is 0 Å². The molecule has 1 aliphatic rings. The molecule has 112 valence electrons. The predicted molar refractivity (Wildman–Crippen MR) is 84.7 cm³/mol. The number of ether oxygens (including phenoxy) is 1. The molecule has 1 amide bonds. The Morgan fingerprint density at radius 2 is 2.20 bits per heavy atom. The number of hydrogen-bond acceptors (Lipinski definition) is 4. The van der Waals surface area contributed by atoms with Gasteiger partial charge in [0.15, 0.2) is 0 Å². The van der Waals surface area contributed by atoms with Crippen LogP contribution in [0.2, 0.25) is 0 Å². The van der Waals surface area contributed by atoms with E-state index in [-0.39, 0.29) is 24.4 Å². The van der Waals surface area contributed by atoms with E-state index in [4.69, 9.17) is 4.74 Å². The zero-order chi connectivity index (χ0) is 13.3. The predicted octanol–water partition coefficient (Wildman–Crippen LogP) is 1.70. The van der Waals surface area contributed by atoms with E-state index in [0.717, 1.165) is 18.9 Å². The average molecular weight is 317 g/mol. The van der Waals surface area contributed by atoms with E-state index in [1.807, 2.05) is 18.2 Å². The van der Waals surface area contributed by atoms with Gasteiger partial charge in [0.1, 0.15) is 0 Å². The zero-order valence-electron chi connectivity index (χ0n) is 11.3. The van der Waals surface area contributed by atoms with Crippen molar-refractivity contribution < 1.29 is 9.53 Å². The summed E-state index contributed by atoms with van der Waals surface area (Å²) in [6.07, 6.45) is 0.496. The lowest BCUT2D eigenvalue weighted by Crippen LogP contribution is -2.44. The number of halogens is 1. The summed E-state index contributed by atoms with van der Waals surface area (Å²) in [5, 5.41) is 6.22. The van der Waals surface area contributed by atoms with Gasteiger partial charge in [0, 0.05) is 36.2 Å². The van der Waals surface area contributed by atoms with Gasteiger partial charge in [-0.15, -0.1) is 24.2 Å². The molecule has 0 radical (unpaired) electrons. The van der Waals surface area contributed by atoms with Crippen molar-refractivity contribution in [2.45, 2.75) is 17.4 Å². The molecule has 1 aromatic rings. The molecule has 1 fully saturated rings. The maximum absolute atomic E-state index is 11.7. The van der Waals surface area contributed by atoms with Crippen molar-refractivity contribution >= 4 is 30.1 Å². The Morgan fingerprint density at radius 1 is 1.40 bits per heavy atom. The summed E-state index contributed by atoms with van der Waals surface area (Å²) in [5.74, 6) is 0.987. The second-order valence-electron chi connectivity index (χ2n) is 4.44. The van der Waals surface area contributed by atoms with Gasteiger partial charge in [-0.05, 0) is 12.1 Å². The van der Waals surface area contributed by atoms with Gasteiger partial charge in [0.2, 0.25) is 5.91 Å². The molecule has 20 heavy (non-hydrogen) atoms. The van der Waals surface area contributed by atoms with Crippen LogP contribution < -0.4 is 10.6 Å². The quantitative estimate of drug-likeness (QED) is 0.619. The van der Waals surface area contributed by atoms with Gasteiger partial charge in [0.05, 0.1) is 13.2 Å². The van der Waals surface area contributed by atoms with Crippen molar-refractivity contribution in [2.24, 2.45) is 0 Å². The number of carbonyl (C=O) groups is 1. The van der Waals surface area contributed by atoms with Crippen LogP contribution in [0.3, 0.4) is 0 Å². The Kier molecular flexibility index (Phi) is 8.69. The van der Waals surface area contributed by atoms with Crippen LogP contribution in [0.15, 0.2) is 35.2 Å². The Bertz CT molecular complexity index is 386. The number of nitrogens with one attached hydrogen (secondary N) is 2. The second kappa shape index (κ2) is 10.0.